The van der Waals surface area contributed by atoms with E-state index < -0.39 is 10.0 Å². The third-order valence-corrected chi connectivity index (χ3v) is 6.29. The van der Waals surface area contributed by atoms with Gasteiger partial charge in [0.1, 0.15) is 12.7 Å². The summed E-state index contributed by atoms with van der Waals surface area (Å²) >= 11 is 0. The quantitative estimate of drug-likeness (QED) is 0.728. The van der Waals surface area contributed by atoms with Crippen molar-refractivity contribution < 1.29 is 22.7 Å². The van der Waals surface area contributed by atoms with Gasteiger partial charge in [0.2, 0.25) is 15.9 Å². The molecule has 0 spiro atoms. The lowest BCUT2D eigenvalue weighted by molar-refractivity contribution is -0.121. The van der Waals surface area contributed by atoms with Crippen LogP contribution >= 0.6 is 0 Å². The molecule has 0 aromatic heterocycles. The van der Waals surface area contributed by atoms with Crippen molar-refractivity contribution in [3.63, 3.8) is 0 Å². The van der Waals surface area contributed by atoms with Gasteiger partial charge in [0, 0.05) is 20.0 Å². The summed E-state index contributed by atoms with van der Waals surface area (Å²) in [7, 11) is -2.01. The molecule has 1 aliphatic rings. The number of rotatable bonds is 8. The van der Waals surface area contributed by atoms with Crippen LogP contribution < -0.4 is 14.8 Å². The molecule has 0 saturated carbocycles. The Labute approximate surface area is 165 Å². The van der Waals surface area contributed by atoms with Gasteiger partial charge in [-0.25, -0.2) is 12.7 Å². The monoisotopic (exact) mass is 404 g/mol. The first kappa shape index (κ1) is 20.2. The highest BCUT2D eigenvalue weighted by atomic mass is 32.2. The van der Waals surface area contributed by atoms with Crippen molar-refractivity contribution in [3.05, 3.63) is 54.6 Å². The fourth-order valence-electron chi connectivity index (χ4n) is 2.83. The van der Waals surface area contributed by atoms with Crippen molar-refractivity contribution in [1.29, 1.82) is 0 Å². The van der Waals surface area contributed by atoms with Crippen LogP contribution in [0.2, 0.25) is 0 Å². The molecule has 1 amide bonds. The number of amides is 1. The number of sulfonamides is 1. The summed E-state index contributed by atoms with van der Waals surface area (Å²) in [6, 6.07) is 15.7. The molecule has 8 heteroatoms. The number of ether oxygens (including phenoxy) is 2. The molecule has 1 N–H and O–H groups in total. The number of para-hydroxylation sites is 2. The molecule has 2 aromatic rings. The second-order valence-corrected chi connectivity index (χ2v) is 8.59. The van der Waals surface area contributed by atoms with Gasteiger partial charge in [-0.15, -0.1) is 0 Å². The minimum Gasteiger partial charge on any atom is -0.486 e. The SMILES string of the molecule is CN(CCCC(=O)NCC1COc2ccccc2O1)S(=O)(=O)c1ccccc1. The lowest BCUT2D eigenvalue weighted by Gasteiger charge is -2.26. The number of nitrogens with zero attached hydrogens (tertiary/aromatic N) is 1. The zero-order chi connectivity index (χ0) is 20.0. The normalized spacial score (nSPS) is 16.0. The molecule has 1 heterocycles. The van der Waals surface area contributed by atoms with E-state index in [4.69, 9.17) is 9.47 Å². The van der Waals surface area contributed by atoms with Crippen LogP contribution in [-0.4, -0.2) is 51.5 Å². The van der Waals surface area contributed by atoms with E-state index in [1.165, 1.54) is 11.4 Å². The van der Waals surface area contributed by atoms with E-state index in [0.717, 1.165) is 0 Å². The van der Waals surface area contributed by atoms with Crippen LogP contribution in [0.3, 0.4) is 0 Å². The summed E-state index contributed by atoms with van der Waals surface area (Å²) in [6.07, 6.45) is 0.415. The Balaban J connectivity index is 1.39. The predicted molar refractivity (Wildman–Crippen MR) is 105 cm³/mol. The number of benzene rings is 2. The number of nitrogens with one attached hydrogen (secondary N) is 1. The van der Waals surface area contributed by atoms with Crippen LogP contribution in [0.25, 0.3) is 0 Å². The zero-order valence-electron chi connectivity index (χ0n) is 15.7. The summed E-state index contributed by atoms with van der Waals surface area (Å²) in [5, 5.41) is 2.82. The Morgan fingerprint density at radius 3 is 2.54 bits per heavy atom. The number of carbonyl (C=O) groups excluding carboxylic acids is 1. The molecule has 1 atom stereocenters. The minimum absolute atomic E-state index is 0.145. The van der Waals surface area contributed by atoms with E-state index in [9.17, 15) is 13.2 Å². The molecule has 0 radical (unpaired) electrons. The average molecular weight is 404 g/mol. The van der Waals surface area contributed by atoms with Crippen molar-refractivity contribution in [1.82, 2.24) is 9.62 Å². The Hall–Kier alpha value is -2.58. The summed E-state index contributed by atoms with van der Waals surface area (Å²) < 4.78 is 37.5. The van der Waals surface area contributed by atoms with E-state index >= 15 is 0 Å². The van der Waals surface area contributed by atoms with Gasteiger partial charge < -0.3 is 14.8 Å². The first-order chi connectivity index (χ1) is 13.5. The van der Waals surface area contributed by atoms with Crippen LogP contribution in [0.4, 0.5) is 0 Å². The largest absolute Gasteiger partial charge is 0.486 e. The van der Waals surface area contributed by atoms with Gasteiger partial charge in [-0.2, -0.15) is 0 Å². The molecule has 3 rings (SSSR count). The van der Waals surface area contributed by atoms with Crippen molar-refractivity contribution in [2.45, 2.75) is 23.8 Å². The topological polar surface area (TPSA) is 84.9 Å². The zero-order valence-corrected chi connectivity index (χ0v) is 16.5. The maximum absolute atomic E-state index is 12.4. The fourth-order valence-corrected chi connectivity index (χ4v) is 4.07. The second-order valence-electron chi connectivity index (χ2n) is 6.54. The number of hydrogen-bond acceptors (Lipinski definition) is 5. The Kier molecular flexibility index (Phi) is 6.53. The van der Waals surface area contributed by atoms with Gasteiger partial charge in [-0.05, 0) is 30.7 Å². The predicted octanol–water partition coefficient (Wildman–Crippen LogP) is 2.04. The molecule has 0 bridgehead atoms. The third kappa shape index (κ3) is 5.02. The van der Waals surface area contributed by atoms with Gasteiger partial charge in [0.05, 0.1) is 11.4 Å². The summed E-state index contributed by atoms with van der Waals surface area (Å²) in [6.45, 7) is 0.974. The van der Waals surface area contributed by atoms with Crippen LogP contribution in [0.15, 0.2) is 59.5 Å². The van der Waals surface area contributed by atoms with E-state index in [1.54, 1.807) is 30.3 Å². The Bertz CT molecular complexity index is 902. The molecule has 1 aliphatic heterocycles. The molecule has 0 saturated heterocycles. The molecule has 7 nitrogen and oxygen atoms in total. The van der Waals surface area contributed by atoms with Crippen molar-refractivity contribution in [3.8, 4) is 11.5 Å². The Morgan fingerprint density at radius 2 is 1.79 bits per heavy atom. The lowest BCUT2D eigenvalue weighted by Crippen LogP contribution is -2.40. The smallest absolute Gasteiger partial charge is 0.242 e. The molecule has 0 fully saturated rings. The summed E-state index contributed by atoms with van der Waals surface area (Å²) in [5.74, 6) is 1.22. The molecule has 0 aliphatic carbocycles. The van der Waals surface area contributed by atoms with Gasteiger partial charge in [-0.1, -0.05) is 30.3 Å². The summed E-state index contributed by atoms with van der Waals surface area (Å²) in [4.78, 5) is 12.3. The number of fused-ring (bicyclic) bond motifs is 1. The first-order valence-electron chi connectivity index (χ1n) is 9.13. The fraction of sp³-hybridized carbons (Fsp3) is 0.350. The van der Waals surface area contributed by atoms with Crippen molar-refractivity contribution in [2.75, 3.05) is 26.7 Å². The highest BCUT2D eigenvalue weighted by Crippen LogP contribution is 2.30. The lowest BCUT2D eigenvalue weighted by atomic mass is 10.2. The third-order valence-electron chi connectivity index (χ3n) is 4.42. The summed E-state index contributed by atoms with van der Waals surface area (Å²) in [5.41, 5.74) is 0. The van der Waals surface area contributed by atoms with E-state index in [1.807, 2.05) is 24.3 Å². The first-order valence-corrected chi connectivity index (χ1v) is 10.6. The Morgan fingerprint density at radius 1 is 1.11 bits per heavy atom. The number of hydrogen-bond donors (Lipinski definition) is 1. The number of carbonyl (C=O) groups is 1. The van der Waals surface area contributed by atoms with Gasteiger partial charge in [0.25, 0.3) is 0 Å². The minimum atomic E-state index is -3.53. The second kappa shape index (κ2) is 9.07. The van der Waals surface area contributed by atoms with Crippen molar-refractivity contribution in [2.24, 2.45) is 0 Å². The highest BCUT2D eigenvalue weighted by Gasteiger charge is 2.22. The molecule has 150 valence electrons. The average Bonchev–Trinajstić information content (AvgIpc) is 2.72. The van der Waals surface area contributed by atoms with Gasteiger partial charge >= 0.3 is 0 Å². The molecule has 28 heavy (non-hydrogen) atoms. The van der Waals surface area contributed by atoms with E-state index in [0.29, 0.717) is 31.1 Å². The standard InChI is InChI=1S/C20H24N2O5S/c1-22(28(24,25)17-8-3-2-4-9-17)13-7-12-20(23)21-14-16-15-26-18-10-5-6-11-19(18)27-16/h2-6,8-11,16H,7,12-15H2,1H3,(H,21,23). The molecular weight excluding hydrogens is 380 g/mol. The van der Waals surface area contributed by atoms with Gasteiger partial charge in [-0.3, -0.25) is 4.79 Å². The van der Waals surface area contributed by atoms with Crippen LogP contribution in [0.1, 0.15) is 12.8 Å². The van der Waals surface area contributed by atoms with Crippen molar-refractivity contribution >= 4 is 15.9 Å². The van der Waals surface area contributed by atoms with Crippen LogP contribution in [-0.2, 0) is 14.8 Å². The molecule has 1 unspecified atom stereocenters. The highest BCUT2D eigenvalue weighted by molar-refractivity contribution is 7.89. The van der Waals surface area contributed by atoms with E-state index in [2.05, 4.69) is 5.32 Å². The molecule has 2 aromatic carbocycles. The van der Waals surface area contributed by atoms with Crippen LogP contribution in [0.5, 0.6) is 11.5 Å². The van der Waals surface area contributed by atoms with E-state index in [-0.39, 0.29) is 29.9 Å². The van der Waals surface area contributed by atoms with Gasteiger partial charge in [0.15, 0.2) is 11.5 Å². The maximum atomic E-state index is 12.4. The van der Waals surface area contributed by atoms with Crippen LogP contribution in [0, 0.1) is 0 Å². The molecular formula is C20H24N2O5S. The maximum Gasteiger partial charge on any atom is 0.242 e.